The van der Waals surface area contributed by atoms with Crippen molar-refractivity contribution >= 4 is 109 Å². The van der Waals surface area contributed by atoms with E-state index >= 15 is 0 Å². The molecule has 2 aromatic carbocycles. The monoisotopic (exact) mass is 1070 g/mol. The lowest BCUT2D eigenvalue weighted by atomic mass is 10.0. The van der Waals surface area contributed by atoms with Crippen LogP contribution in [0, 0.1) is 10.7 Å². The summed E-state index contributed by atoms with van der Waals surface area (Å²) in [7, 11) is 3.36. The van der Waals surface area contributed by atoms with Crippen LogP contribution in [-0.2, 0) is 25.5 Å². The van der Waals surface area contributed by atoms with Crippen LogP contribution in [-0.4, -0.2) is 43.4 Å². The second kappa shape index (κ2) is 24.9. The number of nitrogens with zero attached hydrogens (tertiary/aromatic N) is 2. The van der Waals surface area contributed by atoms with E-state index in [-0.39, 0.29) is 29.3 Å². The normalized spacial score (nSPS) is 11.4. The van der Waals surface area contributed by atoms with Crippen LogP contribution in [0.25, 0.3) is 0 Å². The molecule has 0 aromatic heterocycles. The Labute approximate surface area is 360 Å². The zero-order valence-corrected chi connectivity index (χ0v) is 39.6. The SMILES string of the molecule is CC(=O)N(C)c1c(I)c(C(=O)Nc2ccc(CCCCCCCCCCCCCCCCCCC(=O)OC(C)(C)C)cc2)c(I)c(N(C)C(C)=O)c1I. The van der Waals surface area contributed by atoms with E-state index in [1.165, 1.54) is 113 Å². The molecule has 0 spiro atoms. The Balaban J connectivity index is 1.64. The summed E-state index contributed by atoms with van der Waals surface area (Å²) < 4.78 is 7.43. The number of benzene rings is 2. The van der Waals surface area contributed by atoms with Gasteiger partial charge in [-0.3, -0.25) is 19.2 Å². The maximum absolute atomic E-state index is 13.7. The minimum atomic E-state index is -0.378. The summed E-state index contributed by atoms with van der Waals surface area (Å²) in [6, 6.07) is 8.06. The molecule has 8 nitrogen and oxygen atoms in total. The molecule has 11 heteroatoms. The number of aryl methyl sites for hydroxylation is 1. The van der Waals surface area contributed by atoms with Crippen molar-refractivity contribution < 1.29 is 23.9 Å². The molecule has 53 heavy (non-hydrogen) atoms. The van der Waals surface area contributed by atoms with Gasteiger partial charge in [-0.25, -0.2) is 0 Å². The Morgan fingerprint density at radius 2 is 0.981 bits per heavy atom. The molecule has 0 aliphatic carbocycles. The summed E-state index contributed by atoms with van der Waals surface area (Å²) in [5.41, 5.74) is 3.25. The van der Waals surface area contributed by atoms with Crippen LogP contribution in [0.3, 0.4) is 0 Å². The van der Waals surface area contributed by atoms with E-state index in [4.69, 9.17) is 4.74 Å². The van der Waals surface area contributed by atoms with E-state index in [1.54, 1.807) is 14.1 Å². The number of carbonyl (C=O) groups is 4. The highest BCUT2D eigenvalue weighted by atomic mass is 127. The van der Waals surface area contributed by atoms with E-state index in [2.05, 4.69) is 85.2 Å². The molecule has 0 atom stereocenters. The van der Waals surface area contributed by atoms with Crippen LogP contribution < -0.4 is 15.1 Å². The average molecular weight is 1070 g/mol. The number of hydrogen-bond donors (Lipinski definition) is 1. The second-order valence-electron chi connectivity index (χ2n) is 15.1. The first kappa shape index (κ1) is 47.7. The topological polar surface area (TPSA) is 96.0 Å². The van der Waals surface area contributed by atoms with Crippen molar-refractivity contribution in [1.29, 1.82) is 0 Å². The van der Waals surface area contributed by atoms with Crippen LogP contribution in [0.1, 0.15) is 160 Å². The van der Waals surface area contributed by atoms with Crippen molar-refractivity contribution in [2.45, 2.75) is 156 Å². The van der Waals surface area contributed by atoms with Gasteiger partial charge in [0, 0.05) is 40.1 Å². The Bertz CT molecular complexity index is 1440. The van der Waals surface area contributed by atoms with E-state index < -0.39 is 0 Å². The maximum Gasteiger partial charge on any atom is 0.306 e. The van der Waals surface area contributed by atoms with Gasteiger partial charge in [0.1, 0.15) is 5.60 Å². The second-order valence-corrected chi connectivity index (χ2v) is 18.3. The summed E-state index contributed by atoms with van der Waals surface area (Å²) in [5.74, 6) is -0.672. The molecule has 2 rings (SSSR count). The molecule has 0 unspecified atom stereocenters. The molecule has 0 aliphatic rings. The van der Waals surface area contributed by atoms with Crippen LogP contribution in [0.4, 0.5) is 17.1 Å². The summed E-state index contributed by atoms with van der Waals surface area (Å²) in [6.07, 6.45) is 21.8. The summed E-state index contributed by atoms with van der Waals surface area (Å²) in [4.78, 5) is 53.2. The van der Waals surface area contributed by atoms with Crippen molar-refractivity contribution in [3.8, 4) is 0 Å². The predicted octanol–water partition coefficient (Wildman–Crippen LogP) is 12.2. The largest absolute Gasteiger partial charge is 0.460 e. The Morgan fingerprint density at radius 3 is 1.36 bits per heavy atom. The number of unbranched alkanes of at least 4 members (excludes halogenated alkanes) is 15. The maximum atomic E-state index is 13.7. The minimum Gasteiger partial charge on any atom is -0.460 e. The van der Waals surface area contributed by atoms with E-state index in [0.717, 1.165) is 29.3 Å². The Morgan fingerprint density at radius 1 is 0.604 bits per heavy atom. The summed E-state index contributed by atoms with van der Waals surface area (Å²) in [6.45, 7) is 8.72. The smallest absolute Gasteiger partial charge is 0.306 e. The number of nitrogens with one attached hydrogen (secondary N) is 1. The quantitative estimate of drug-likeness (QED) is 0.0679. The van der Waals surface area contributed by atoms with Gasteiger partial charge in [0.25, 0.3) is 5.91 Å². The fourth-order valence-electron chi connectivity index (χ4n) is 6.16. The third-order valence-electron chi connectivity index (χ3n) is 9.34. The zero-order valence-electron chi connectivity index (χ0n) is 33.1. The van der Waals surface area contributed by atoms with Gasteiger partial charge >= 0.3 is 5.97 Å². The Kier molecular flexibility index (Phi) is 22.4. The average Bonchev–Trinajstić information content (AvgIpc) is 3.07. The number of amides is 3. The predicted molar refractivity (Wildman–Crippen MR) is 245 cm³/mol. The minimum absolute atomic E-state index is 0.0695. The number of rotatable bonds is 23. The highest BCUT2D eigenvalue weighted by molar-refractivity contribution is 14.1. The van der Waals surface area contributed by atoms with Crippen molar-refractivity contribution in [3.63, 3.8) is 0 Å². The molecule has 0 fully saturated rings. The molecule has 0 saturated heterocycles. The first-order valence-electron chi connectivity index (χ1n) is 19.4. The van der Waals surface area contributed by atoms with Gasteiger partial charge in [-0.15, -0.1) is 0 Å². The lowest BCUT2D eigenvalue weighted by Gasteiger charge is -2.27. The first-order chi connectivity index (χ1) is 25.0. The third-order valence-corrected chi connectivity index (χ3v) is 12.5. The molecule has 1 N–H and O–H groups in total. The van der Waals surface area contributed by atoms with Crippen molar-refractivity contribution in [2.24, 2.45) is 0 Å². The Hall–Kier alpha value is -1.49. The standard InChI is InChI=1S/C42H62I3N3O5/c1-30(49)47(6)39-36(43)35(37(44)40(38(39)45)48(7)31(2)50)41(52)46-33-28-26-32(27-29-33)24-22-20-18-16-14-12-10-8-9-11-13-15-17-19-21-23-25-34(51)53-42(3,4)5/h26-29H,8-25H2,1-7H3,(H,46,52). The lowest BCUT2D eigenvalue weighted by Crippen LogP contribution is -2.31. The summed E-state index contributed by atoms with van der Waals surface area (Å²) >= 11 is 6.41. The molecular formula is C42H62I3N3O5. The van der Waals surface area contributed by atoms with Gasteiger partial charge in [-0.2, -0.15) is 0 Å². The highest BCUT2D eigenvalue weighted by Crippen LogP contribution is 2.42. The number of anilines is 3. The summed E-state index contributed by atoms with van der Waals surface area (Å²) in [5, 5.41) is 3.04. The molecule has 0 radical (unpaired) electrons. The number of hydrogen-bond acceptors (Lipinski definition) is 5. The molecule has 0 bridgehead atoms. The van der Waals surface area contributed by atoms with Crippen LogP contribution >= 0.6 is 67.8 Å². The molecule has 0 aliphatic heterocycles. The van der Waals surface area contributed by atoms with Gasteiger partial charge in [-0.05, 0) is 126 Å². The highest BCUT2D eigenvalue weighted by Gasteiger charge is 2.30. The number of ether oxygens (including phenoxy) is 1. The third kappa shape index (κ3) is 17.5. The molecular weight excluding hydrogens is 1010 g/mol. The molecule has 0 heterocycles. The molecule has 296 valence electrons. The van der Waals surface area contributed by atoms with E-state index in [0.29, 0.717) is 36.2 Å². The zero-order chi connectivity index (χ0) is 39.6. The number of halogens is 3. The van der Waals surface area contributed by atoms with Crippen molar-refractivity contribution in [2.75, 3.05) is 29.2 Å². The van der Waals surface area contributed by atoms with E-state index in [1.807, 2.05) is 32.9 Å². The van der Waals surface area contributed by atoms with Gasteiger partial charge in [0.05, 0.1) is 27.6 Å². The first-order valence-corrected chi connectivity index (χ1v) is 22.6. The van der Waals surface area contributed by atoms with Gasteiger partial charge in [-0.1, -0.05) is 102 Å². The van der Waals surface area contributed by atoms with Crippen LogP contribution in [0.15, 0.2) is 24.3 Å². The van der Waals surface area contributed by atoms with Crippen molar-refractivity contribution in [3.05, 3.63) is 46.1 Å². The number of esters is 1. The van der Waals surface area contributed by atoms with Gasteiger partial charge < -0.3 is 19.9 Å². The fraction of sp³-hybridized carbons (Fsp3) is 0.619. The van der Waals surface area contributed by atoms with Gasteiger partial charge in [0.2, 0.25) is 11.8 Å². The fourth-order valence-corrected chi connectivity index (χ4v) is 11.3. The van der Waals surface area contributed by atoms with E-state index in [9.17, 15) is 19.2 Å². The molecule has 3 amide bonds. The number of carbonyl (C=O) groups excluding carboxylic acids is 4. The molecule has 0 saturated carbocycles. The van der Waals surface area contributed by atoms with Crippen LogP contribution in [0.5, 0.6) is 0 Å². The molecule has 2 aromatic rings. The van der Waals surface area contributed by atoms with Crippen molar-refractivity contribution in [1.82, 2.24) is 0 Å². The lowest BCUT2D eigenvalue weighted by molar-refractivity contribution is -0.155. The van der Waals surface area contributed by atoms with Crippen LogP contribution in [0.2, 0.25) is 0 Å². The van der Waals surface area contributed by atoms with Gasteiger partial charge in [0.15, 0.2) is 0 Å².